The number of para-hydroxylation sites is 2. The van der Waals surface area contributed by atoms with E-state index in [0.29, 0.717) is 33.9 Å². The molecule has 9 heteroatoms. The molecule has 0 radical (unpaired) electrons. The molecule has 0 spiro atoms. The van der Waals surface area contributed by atoms with Crippen LogP contribution in [0.15, 0.2) is 36.4 Å². The molecule has 166 valence electrons. The number of fused-ring (bicyclic) bond motifs is 1. The van der Waals surface area contributed by atoms with Gasteiger partial charge in [0.05, 0.1) is 10.6 Å². The SMILES string of the molecule is CCN(CC)CCOc1ccccc1NC(=O)c1sc2nc(C(F)(F)F)ccc2c1C. The zero-order valence-electron chi connectivity index (χ0n) is 17.5. The highest BCUT2D eigenvalue weighted by atomic mass is 32.1. The van der Waals surface area contributed by atoms with Crippen molar-refractivity contribution in [1.82, 2.24) is 9.88 Å². The first-order valence-corrected chi connectivity index (χ1v) is 10.8. The number of amides is 1. The first-order chi connectivity index (χ1) is 14.7. The summed E-state index contributed by atoms with van der Waals surface area (Å²) in [5.41, 5.74) is 0.131. The number of nitrogens with one attached hydrogen (secondary N) is 1. The van der Waals surface area contributed by atoms with Crippen LogP contribution in [0.2, 0.25) is 0 Å². The Hall–Kier alpha value is -2.65. The molecule has 0 bridgehead atoms. The molecular weight excluding hydrogens is 427 g/mol. The van der Waals surface area contributed by atoms with E-state index in [9.17, 15) is 18.0 Å². The third-order valence-corrected chi connectivity index (χ3v) is 6.20. The van der Waals surface area contributed by atoms with Crippen molar-refractivity contribution in [3.63, 3.8) is 0 Å². The van der Waals surface area contributed by atoms with Gasteiger partial charge in [-0.2, -0.15) is 13.2 Å². The van der Waals surface area contributed by atoms with Gasteiger partial charge in [-0.25, -0.2) is 4.98 Å². The quantitative estimate of drug-likeness (QED) is 0.485. The number of likely N-dealkylation sites (N-methyl/N-ethyl adjacent to an activating group) is 1. The van der Waals surface area contributed by atoms with Gasteiger partial charge in [0.15, 0.2) is 0 Å². The molecule has 1 aromatic carbocycles. The van der Waals surface area contributed by atoms with Crippen molar-refractivity contribution >= 4 is 33.1 Å². The van der Waals surface area contributed by atoms with Gasteiger partial charge < -0.3 is 15.0 Å². The van der Waals surface area contributed by atoms with Gasteiger partial charge in [-0.05, 0) is 49.8 Å². The number of nitrogens with zero attached hydrogens (tertiary/aromatic N) is 2. The van der Waals surface area contributed by atoms with Crippen molar-refractivity contribution in [3.8, 4) is 5.75 Å². The smallest absolute Gasteiger partial charge is 0.433 e. The summed E-state index contributed by atoms with van der Waals surface area (Å²) in [5.74, 6) is 0.133. The molecule has 0 saturated carbocycles. The van der Waals surface area contributed by atoms with Crippen molar-refractivity contribution in [1.29, 1.82) is 0 Å². The number of aryl methyl sites for hydroxylation is 1. The lowest BCUT2D eigenvalue weighted by Gasteiger charge is -2.19. The number of ether oxygens (including phenoxy) is 1. The lowest BCUT2D eigenvalue weighted by atomic mass is 10.1. The maximum absolute atomic E-state index is 13.0. The number of aromatic nitrogens is 1. The second-order valence-corrected chi connectivity index (χ2v) is 7.93. The zero-order chi connectivity index (χ0) is 22.6. The van der Waals surface area contributed by atoms with Crippen LogP contribution in [0.1, 0.15) is 34.8 Å². The lowest BCUT2D eigenvalue weighted by molar-refractivity contribution is -0.140. The van der Waals surface area contributed by atoms with Crippen LogP contribution in [-0.2, 0) is 6.18 Å². The Labute approximate surface area is 182 Å². The molecule has 0 atom stereocenters. The van der Waals surface area contributed by atoms with Crippen LogP contribution < -0.4 is 10.1 Å². The summed E-state index contributed by atoms with van der Waals surface area (Å²) in [6.45, 7) is 8.95. The van der Waals surface area contributed by atoms with Crippen LogP contribution in [0.4, 0.5) is 18.9 Å². The third kappa shape index (κ3) is 5.34. The number of alkyl halides is 3. The van der Waals surface area contributed by atoms with Crippen molar-refractivity contribution < 1.29 is 22.7 Å². The highest BCUT2D eigenvalue weighted by Crippen LogP contribution is 2.35. The van der Waals surface area contributed by atoms with Gasteiger partial charge in [-0.1, -0.05) is 26.0 Å². The minimum absolute atomic E-state index is 0.182. The Balaban J connectivity index is 1.79. The largest absolute Gasteiger partial charge is 0.490 e. The molecule has 0 aliphatic carbocycles. The Kier molecular flexibility index (Phi) is 7.17. The lowest BCUT2D eigenvalue weighted by Crippen LogP contribution is -2.28. The van der Waals surface area contributed by atoms with Gasteiger partial charge >= 0.3 is 6.18 Å². The topological polar surface area (TPSA) is 54.5 Å². The van der Waals surface area contributed by atoms with Crippen LogP contribution in [0.25, 0.3) is 10.2 Å². The Bertz CT molecular complexity index is 1060. The van der Waals surface area contributed by atoms with Crippen LogP contribution in [0.5, 0.6) is 5.75 Å². The summed E-state index contributed by atoms with van der Waals surface area (Å²) in [6, 6.07) is 9.39. The van der Waals surface area contributed by atoms with Crippen LogP contribution in [0, 0.1) is 6.92 Å². The first-order valence-electron chi connectivity index (χ1n) is 9.97. The number of pyridine rings is 1. The minimum Gasteiger partial charge on any atom is -0.490 e. The maximum atomic E-state index is 13.0. The van der Waals surface area contributed by atoms with Gasteiger partial charge in [-0.3, -0.25) is 4.79 Å². The van der Waals surface area contributed by atoms with Gasteiger partial charge in [0.25, 0.3) is 5.91 Å². The van der Waals surface area contributed by atoms with E-state index >= 15 is 0 Å². The van der Waals surface area contributed by atoms with E-state index in [2.05, 4.69) is 29.0 Å². The van der Waals surface area contributed by atoms with Gasteiger partial charge in [-0.15, -0.1) is 11.3 Å². The molecule has 5 nitrogen and oxygen atoms in total. The molecule has 2 aromatic heterocycles. The Morgan fingerprint density at radius 3 is 2.55 bits per heavy atom. The van der Waals surface area contributed by atoms with E-state index in [1.165, 1.54) is 6.07 Å². The summed E-state index contributed by atoms with van der Waals surface area (Å²) in [6.07, 6.45) is -4.53. The molecule has 0 fully saturated rings. The molecule has 0 unspecified atom stereocenters. The van der Waals surface area contributed by atoms with E-state index in [4.69, 9.17) is 4.74 Å². The molecule has 0 aliphatic heterocycles. The number of carbonyl (C=O) groups is 1. The third-order valence-electron chi connectivity index (χ3n) is 5.00. The van der Waals surface area contributed by atoms with Crippen molar-refractivity contribution in [2.45, 2.75) is 26.9 Å². The number of hydrogen-bond donors (Lipinski definition) is 1. The average Bonchev–Trinajstić information content (AvgIpc) is 3.08. The molecule has 1 N–H and O–H groups in total. The fraction of sp³-hybridized carbons (Fsp3) is 0.364. The predicted molar refractivity (Wildman–Crippen MR) is 117 cm³/mol. The Morgan fingerprint density at radius 1 is 1.16 bits per heavy atom. The van der Waals surface area contributed by atoms with Gasteiger partial charge in [0, 0.05) is 11.9 Å². The van der Waals surface area contributed by atoms with Crippen molar-refractivity contribution in [3.05, 3.63) is 52.5 Å². The highest BCUT2D eigenvalue weighted by molar-refractivity contribution is 7.20. The van der Waals surface area contributed by atoms with Crippen LogP contribution >= 0.6 is 11.3 Å². The van der Waals surface area contributed by atoms with E-state index < -0.39 is 17.8 Å². The molecular formula is C22H24F3N3O2S. The van der Waals surface area contributed by atoms with Crippen molar-refractivity contribution in [2.24, 2.45) is 0 Å². The number of benzene rings is 1. The van der Waals surface area contributed by atoms with Crippen LogP contribution in [-0.4, -0.2) is 42.0 Å². The monoisotopic (exact) mass is 451 g/mol. The molecule has 31 heavy (non-hydrogen) atoms. The molecule has 1 amide bonds. The standard InChI is InChI=1S/C22H24F3N3O2S/c1-4-28(5-2)12-13-30-17-9-7-6-8-16(17)26-20(29)19-14(3)15-10-11-18(22(23,24)25)27-21(15)31-19/h6-11H,4-5,12-13H2,1-3H3,(H,26,29). The first kappa shape index (κ1) is 23.0. The fourth-order valence-electron chi connectivity index (χ4n) is 3.17. The van der Waals surface area contributed by atoms with E-state index in [-0.39, 0.29) is 4.83 Å². The van der Waals surface area contributed by atoms with E-state index in [1.807, 2.05) is 6.07 Å². The van der Waals surface area contributed by atoms with Crippen molar-refractivity contribution in [2.75, 3.05) is 31.6 Å². The molecule has 3 aromatic rings. The number of rotatable bonds is 8. The van der Waals surface area contributed by atoms with Gasteiger partial charge in [0.1, 0.15) is 22.9 Å². The second-order valence-electron chi connectivity index (χ2n) is 6.93. The van der Waals surface area contributed by atoms with E-state index in [0.717, 1.165) is 37.0 Å². The molecule has 2 heterocycles. The summed E-state index contributed by atoms with van der Waals surface area (Å²) in [7, 11) is 0. The normalized spacial score (nSPS) is 11.8. The van der Waals surface area contributed by atoms with E-state index in [1.54, 1.807) is 25.1 Å². The van der Waals surface area contributed by atoms with Gasteiger partial charge in [0.2, 0.25) is 0 Å². The number of halogens is 3. The zero-order valence-corrected chi connectivity index (χ0v) is 18.4. The number of anilines is 1. The summed E-state index contributed by atoms with van der Waals surface area (Å²) in [5, 5.41) is 3.36. The summed E-state index contributed by atoms with van der Waals surface area (Å²) >= 11 is 0.944. The maximum Gasteiger partial charge on any atom is 0.433 e. The highest BCUT2D eigenvalue weighted by Gasteiger charge is 2.33. The average molecular weight is 452 g/mol. The second kappa shape index (κ2) is 9.65. The number of carbonyl (C=O) groups excluding carboxylic acids is 1. The predicted octanol–water partition coefficient (Wildman–Crippen LogP) is 5.60. The number of hydrogen-bond acceptors (Lipinski definition) is 5. The Morgan fingerprint density at radius 2 is 1.87 bits per heavy atom. The fourth-order valence-corrected chi connectivity index (χ4v) is 4.25. The van der Waals surface area contributed by atoms with Crippen LogP contribution in [0.3, 0.4) is 0 Å². The summed E-state index contributed by atoms with van der Waals surface area (Å²) in [4.78, 5) is 19.3. The number of thiophene rings is 1. The molecule has 0 aliphatic rings. The molecule has 3 rings (SSSR count). The minimum atomic E-state index is -4.53. The summed E-state index contributed by atoms with van der Waals surface area (Å²) < 4.78 is 44.7. The molecule has 0 saturated heterocycles.